The molecule has 1 aliphatic rings. The predicted octanol–water partition coefficient (Wildman–Crippen LogP) is 3.30. The summed E-state index contributed by atoms with van der Waals surface area (Å²) in [5, 5.41) is 22.4. The Kier molecular flexibility index (Phi) is 5.60. The molecule has 1 unspecified atom stereocenters. The summed E-state index contributed by atoms with van der Waals surface area (Å²) < 4.78 is 0. The number of carbonyl (C=O) groups is 1. The number of amides is 1. The van der Waals surface area contributed by atoms with Crippen LogP contribution >= 0.6 is 0 Å². The number of non-ortho nitro benzene ring substituents is 1. The first-order valence-corrected chi connectivity index (χ1v) is 9.64. The van der Waals surface area contributed by atoms with Gasteiger partial charge in [0.25, 0.3) is 5.69 Å². The second kappa shape index (κ2) is 8.64. The van der Waals surface area contributed by atoms with Gasteiger partial charge in [-0.05, 0) is 43.2 Å². The molecule has 1 fully saturated rings. The van der Waals surface area contributed by atoms with Gasteiger partial charge in [0.05, 0.1) is 16.5 Å². The zero-order valence-electron chi connectivity index (χ0n) is 16.1. The molecule has 9 heteroatoms. The van der Waals surface area contributed by atoms with Crippen LogP contribution in [-0.4, -0.2) is 39.1 Å². The summed E-state index contributed by atoms with van der Waals surface area (Å²) in [5.41, 5.74) is 2.07. The summed E-state index contributed by atoms with van der Waals surface area (Å²) in [6.45, 7) is 1.31. The third kappa shape index (κ3) is 4.40. The number of pyridine rings is 1. The third-order valence-corrected chi connectivity index (χ3v) is 5.07. The average molecular weight is 404 g/mol. The van der Waals surface area contributed by atoms with E-state index in [-0.39, 0.29) is 17.5 Å². The van der Waals surface area contributed by atoms with Gasteiger partial charge in [0, 0.05) is 48.9 Å². The van der Waals surface area contributed by atoms with E-state index < -0.39 is 4.92 Å². The Bertz CT molecular complexity index is 1040. The lowest BCUT2D eigenvalue weighted by atomic mass is 9.97. The number of carbonyl (C=O) groups excluding carboxylic acids is 1. The monoisotopic (exact) mass is 404 g/mol. The Labute approximate surface area is 172 Å². The highest BCUT2D eigenvalue weighted by molar-refractivity contribution is 5.93. The molecule has 1 atom stereocenters. The number of hydrogen-bond acceptors (Lipinski definition) is 7. The summed E-state index contributed by atoms with van der Waals surface area (Å²) in [7, 11) is 0. The molecule has 3 heterocycles. The Morgan fingerprint density at radius 1 is 1.13 bits per heavy atom. The van der Waals surface area contributed by atoms with Gasteiger partial charge in [0.2, 0.25) is 5.91 Å². The van der Waals surface area contributed by atoms with Crippen LogP contribution in [0, 0.1) is 16.0 Å². The highest BCUT2D eigenvalue weighted by Crippen LogP contribution is 2.25. The largest absolute Gasteiger partial charge is 0.354 e. The minimum Gasteiger partial charge on any atom is -0.354 e. The molecular weight excluding hydrogens is 384 g/mol. The lowest BCUT2D eigenvalue weighted by Crippen LogP contribution is -2.41. The van der Waals surface area contributed by atoms with Gasteiger partial charge in [0.1, 0.15) is 0 Å². The summed E-state index contributed by atoms with van der Waals surface area (Å²) in [6.07, 6.45) is 5.01. The van der Waals surface area contributed by atoms with E-state index in [4.69, 9.17) is 0 Å². The summed E-state index contributed by atoms with van der Waals surface area (Å²) in [4.78, 5) is 29.2. The molecule has 0 saturated carbocycles. The van der Waals surface area contributed by atoms with Crippen LogP contribution in [0.4, 0.5) is 17.2 Å². The first-order valence-electron chi connectivity index (χ1n) is 9.64. The molecule has 30 heavy (non-hydrogen) atoms. The maximum absolute atomic E-state index is 12.7. The topological polar surface area (TPSA) is 114 Å². The second-order valence-electron chi connectivity index (χ2n) is 7.09. The Morgan fingerprint density at radius 3 is 2.70 bits per heavy atom. The van der Waals surface area contributed by atoms with Crippen molar-refractivity contribution >= 4 is 23.1 Å². The predicted molar refractivity (Wildman–Crippen MR) is 112 cm³/mol. The van der Waals surface area contributed by atoms with E-state index in [1.54, 1.807) is 24.5 Å². The number of nitrogens with one attached hydrogen (secondary N) is 1. The van der Waals surface area contributed by atoms with Gasteiger partial charge in [-0.3, -0.25) is 19.9 Å². The molecule has 2 aromatic heterocycles. The van der Waals surface area contributed by atoms with E-state index in [9.17, 15) is 14.9 Å². The van der Waals surface area contributed by atoms with Gasteiger partial charge in [-0.2, -0.15) is 0 Å². The van der Waals surface area contributed by atoms with Crippen molar-refractivity contribution in [2.45, 2.75) is 12.8 Å². The molecule has 1 N–H and O–H groups in total. The number of hydrogen-bond donors (Lipinski definition) is 1. The third-order valence-electron chi connectivity index (χ3n) is 5.07. The minimum absolute atomic E-state index is 0.0531. The van der Waals surface area contributed by atoms with E-state index in [1.165, 1.54) is 12.1 Å². The van der Waals surface area contributed by atoms with Crippen molar-refractivity contribution in [3.05, 3.63) is 71.0 Å². The van der Waals surface area contributed by atoms with Crippen LogP contribution in [0.15, 0.2) is 60.9 Å². The summed E-state index contributed by atoms with van der Waals surface area (Å²) >= 11 is 0. The molecule has 1 amide bonds. The van der Waals surface area contributed by atoms with Crippen LogP contribution in [0.5, 0.6) is 0 Å². The fourth-order valence-electron chi connectivity index (χ4n) is 3.51. The molecule has 0 spiro atoms. The quantitative estimate of drug-likeness (QED) is 0.512. The van der Waals surface area contributed by atoms with Crippen molar-refractivity contribution in [1.82, 2.24) is 15.2 Å². The maximum Gasteiger partial charge on any atom is 0.271 e. The van der Waals surface area contributed by atoms with E-state index >= 15 is 0 Å². The van der Waals surface area contributed by atoms with E-state index in [1.807, 2.05) is 29.2 Å². The van der Waals surface area contributed by atoms with E-state index in [0.29, 0.717) is 12.2 Å². The van der Waals surface area contributed by atoms with Gasteiger partial charge in [-0.1, -0.05) is 6.07 Å². The SMILES string of the molecule is O=C(Nc1cccc([N+](=O)[O-])c1)C1CCCN(c2ccc(-c3ccncc3)nn2)C1. The molecule has 9 nitrogen and oxygen atoms in total. The summed E-state index contributed by atoms with van der Waals surface area (Å²) in [6, 6.07) is 13.5. The van der Waals surface area contributed by atoms with Crippen molar-refractivity contribution in [3.63, 3.8) is 0 Å². The lowest BCUT2D eigenvalue weighted by molar-refractivity contribution is -0.384. The molecular formula is C21H20N6O3. The Balaban J connectivity index is 1.42. The molecule has 1 aromatic carbocycles. The van der Waals surface area contributed by atoms with Crippen molar-refractivity contribution < 1.29 is 9.72 Å². The smallest absolute Gasteiger partial charge is 0.271 e. The molecule has 3 aromatic rings. The van der Waals surface area contributed by atoms with Crippen LogP contribution in [-0.2, 0) is 4.79 Å². The summed E-state index contributed by atoms with van der Waals surface area (Å²) in [5.74, 6) is 0.335. The van der Waals surface area contributed by atoms with Crippen LogP contribution < -0.4 is 10.2 Å². The Hall–Kier alpha value is -3.88. The van der Waals surface area contributed by atoms with Gasteiger partial charge in [0.15, 0.2) is 5.82 Å². The second-order valence-corrected chi connectivity index (χ2v) is 7.09. The molecule has 0 aliphatic carbocycles. The molecule has 4 rings (SSSR count). The number of piperidine rings is 1. The van der Waals surface area contributed by atoms with Crippen molar-refractivity contribution in [1.29, 1.82) is 0 Å². The molecule has 152 valence electrons. The van der Waals surface area contributed by atoms with Crippen molar-refractivity contribution in [3.8, 4) is 11.3 Å². The Morgan fingerprint density at radius 2 is 1.97 bits per heavy atom. The van der Waals surface area contributed by atoms with Gasteiger partial charge in [-0.25, -0.2) is 0 Å². The number of aromatic nitrogens is 3. The van der Waals surface area contributed by atoms with Crippen molar-refractivity contribution in [2.75, 3.05) is 23.3 Å². The van der Waals surface area contributed by atoms with E-state index in [0.717, 1.165) is 36.5 Å². The van der Waals surface area contributed by atoms with Gasteiger partial charge >= 0.3 is 0 Å². The maximum atomic E-state index is 12.7. The normalized spacial score (nSPS) is 16.1. The van der Waals surface area contributed by atoms with Crippen LogP contribution in [0.2, 0.25) is 0 Å². The minimum atomic E-state index is -0.480. The van der Waals surface area contributed by atoms with Gasteiger partial charge < -0.3 is 10.2 Å². The molecule has 1 saturated heterocycles. The first-order chi connectivity index (χ1) is 14.6. The van der Waals surface area contributed by atoms with Crippen LogP contribution in [0.3, 0.4) is 0 Å². The fraction of sp³-hybridized carbons (Fsp3) is 0.238. The number of benzene rings is 1. The number of anilines is 2. The van der Waals surface area contributed by atoms with Crippen LogP contribution in [0.1, 0.15) is 12.8 Å². The highest BCUT2D eigenvalue weighted by Gasteiger charge is 2.27. The van der Waals surface area contributed by atoms with Crippen molar-refractivity contribution in [2.24, 2.45) is 5.92 Å². The molecule has 0 radical (unpaired) electrons. The first kappa shape index (κ1) is 19.4. The zero-order valence-corrected chi connectivity index (χ0v) is 16.1. The number of nitrogens with zero attached hydrogens (tertiary/aromatic N) is 5. The number of nitro benzene ring substituents is 1. The fourth-order valence-corrected chi connectivity index (χ4v) is 3.51. The standard InChI is InChI=1S/C21H20N6O3/c28-21(23-17-4-1-5-18(13-17)27(29)30)16-3-2-12-26(14-16)20-7-6-19(24-25-20)15-8-10-22-11-9-15/h1,4-11,13,16H,2-3,12,14H2,(H,23,28). The molecule has 1 aliphatic heterocycles. The molecule has 0 bridgehead atoms. The number of nitro groups is 1. The van der Waals surface area contributed by atoms with Crippen LogP contribution in [0.25, 0.3) is 11.3 Å². The van der Waals surface area contributed by atoms with E-state index in [2.05, 4.69) is 20.5 Å². The zero-order chi connectivity index (χ0) is 20.9. The highest BCUT2D eigenvalue weighted by atomic mass is 16.6. The average Bonchev–Trinajstić information content (AvgIpc) is 2.80. The number of rotatable bonds is 5. The van der Waals surface area contributed by atoms with Gasteiger partial charge in [-0.15, -0.1) is 10.2 Å². The lowest BCUT2D eigenvalue weighted by Gasteiger charge is -2.32.